The molecule has 1 heterocycles. The van der Waals surface area contributed by atoms with Crippen molar-refractivity contribution in [3.63, 3.8) is 0 Å². The Labute approximate surface area is 130 Å². The van der Waals surface area contributed by atoms with Gasteiger partial charge in [0.05, 0.1) is 13.7 Å². The second kappa shape index (κ2) is 9.39. The molecule has 1 fully saturated rings. The number of methoxy groups -OCH3 is 5. The van der Waals surface area contributed by atoms with E-state index in [-0.39, 0.29) is 6.10 Å². The Kier molecular flexibility index (Phi) is 8.23. The predicted molar refractivity (Wildman–Crippen MR) is 75.5 cm³/mol. The molecule has 1 saturated heterocycles. The van der Waals surface area contributed by atoms with Crippen LogP contribution in [0.4, 0.5) is 0 Å². The van der Waals surface area contributed by atoms with Crippen molar-refractivity contribution in [1.82, 2.24) is 0 Å². The number of hydrogen-bond acceptors (Lipinski definition) is 8. The van der Waals surface area contributed by atoms with Crippen LogP contribution in [0.2, 0.25) is 0 Å². The molecule has 0 aliphatic carbocycles. The molecule has 22 heavy (non-hydrogen) atoms. The van der Waals surface area contributed by atoms with Crippen molar-refractivity contribution in [3.05, 3.63) is 0 Å². The summed E-state index contributed by atoms with van der Waals surface area (Å²) in [6.45, 7) is 1.87. The van der Waals surface area contributed by atoms with Gasteiger partial charge in [-0.25, -0.2) is 4.79 Å². The molecule has 1 aliphatic rings. The van der Waals surface area contributed by atoms with Gasteiger partial charge in [-0.1, -0.05) is 0 Å². The highest BCUT2D eigenvalue weighted by Crippen LogP contribution is 2.28. The Morgan fingerprint density at radius 3 is 2.05 bits per heavy atom. The van der Waals surface area contributed by atoms with Gasteiger partial charge in [-0.3, -0.25) is 0 Å². The average molecular weight is 322 g/mol. The molecule has 1 rings (SSSR count). The van der Waals surface area contributed by atoms with Crippen LogP contribution in [-0.4, -0.2) is 84.9 Å². The zero-order chi connectivity index (χ0) is 16.7. The normalized spacial score (nSPS) is 33.5. The van der Waals surface area contributed by atoms with E-state index in [0.29, 0.717) is 6.61 Å². The van der Waals surface area contributed by atoms with Crippen molar-refractivity contribution in [3.8, 4) is 0 Å². The van der Waals surface area contributed by atoms with Crippen molar-refractivity contribution < 1.29 is 38.0 Å². The van der Waals surface area contributed by atoms with Crippen molar-refractivity contribution in [2.75, 3.05) is 42.2 Å². The van der Waals surface area contributed by atoms with Crippen molar-refractivity contribution >= 4 is 5.97 Å². The van der Waals surface area contributed by atoms with E-state index in [2.05, 4.69) is 4.74 Å². The molecule has 0 saturated carbocycles. The summed E-state index contributed by atoms with van der Waals surface area (Å²) in [6.07, 6.45) is -3.40. The van der Waals surface area contributed by atoms with E-state index in [4.69, 9.17) is 28.4 Å². The van der Waals surface area contributed by atoms with Gasteiger partial charge in [0.25, 0.3) is 0 Å². The van der Waals surface area contributed by atoms with Crippen molar-refractivity contribution in [1.29, 1.82) is 0 Å². The highest BCUT2D eigenvalue weighted by molar-refractivity contribution is 5.73. The van der Waals surface area contributed by atoms with Gasteiger partial charge in [-0.2, -0.15) is 0 Å². The van der Waals surface area contributed by atoms with Gasteiger partial charge in [0.15, 0.2) is 12.4 Å². The quantitative estimate of drug-likeness (QED) is 0.577. The van der Waals surface area contributed by atoms with E-state index in [0.717, 1.165) is 0 Å². The third kappa shape index (κ3) is 4.37. The SMILES string of the molecule is COC[C@H]1O[C@@H](O[C@@H](C)C(=O)OC)[C@H](OC)[C@@H](OC)[C@H]1OC. The number of hydrogen-bond donors (Lipinski definition) is 0. The maximum absolute atomic E-state index is 11.5. The zero-order valence-corrected chi connectivity index (χ0v) is 13.9. The van der Waals surface area contributed by atoms with Gasteiger partial charge in [0.1, 0.15) is 24.4 Å². The molecule has 1 aliphatic heterocycles. The number of carbonyl (C=O) groups is 1. The van der Waals surface area contributed by atoms with E-state index < -0.39 is 36.7 Å². The lowest BCUT2D eigenvalue weighted by atomic mass is 9.98. The first-order valence-corrected chi connectivity index (χ1v) is 7.00. The Bertz CT molecular complexity index is 337. The molecule has 130 valence electrons. The fourth-order valence-corrected chi connectivity index (χ4v) is 2.51. The minimum atomic E-state index is -0.810. The molecule has 6 atom stereocenters. The number of esters is 1. The van der Waals surface area contributed by atoms with Gasteiger partial charge in [-0.15, -0.1) is 0 Å². The van der Waals surface area contributed by atoms with Crippen LogP contribution < -0.4 is 0 Å². The lowest BCUT2D eigenvalue weighted by molar-refractivity contribution is -0.320. The molecule has 0 aromatic rings. The van der Waals surface area contributed by atoms with Gasteiger partial charge in [-0.05, 0) is 6.92 Å². The summed E-state index contributed by atoms with van der Waals surface area (Å²) in [4.78, 5) is 11.5. The maximum atomic E-state index is 11.5. The molecule has 0 amide bonds. The molecule has 0 bridgehead atoms. The molecule has 8 heteroatoms. The maximum Gasteiger partial charge on any atom is 0.334 e. The van der Waals surface area contributed by atoms with Gasteiger partial charge >= 0.3 is 5.97 Å². The lowest BCUT2D eigenvalue weighted by Gasteiger charge is -2.44. The smallest absolute Gasteiger partial charge is 0.334 e. The predicted octanol–water partition coefficient (Wildman–Crippen LogP) is -0.0192. The van der Waals surface area contributed by atoms with Crippen molar-refractivity contribution in [2.45, 2.75) is 43.7 Å². The van der Waals surface area contributed by atoms with Crippen LogP contribution in [0, 0.1) is 0 Å². The van der Waals surface area contributed by atoms with Crippen LogP contribution in [0.1, 0.15) is 6.92 Å². The molecular weight excluding hydrogens is 296 g/mol. The Morgan fingerprint density at radius 1 is 1.00 bits per heavy atom. The third-order valence-electron chi connectivity index (χ3n) is 3.61. The van der Waals surface area contributed by atoms with E-state index in [1.807, 2.05) is 0 Å². The summed E-state index contributed by atoms with van der Waals surface area (Å²) in [5.74, 6) is -0.496. The molecule has 0 spiro atoms. The summed E-state index contributed by atoms with van der Waals surface area (Å²) in [5.41, 5.74) is 0. The Balaban J connectivity index is 2.91. The van der Waals surface area contributed by atoms with E-state index >= 15 is 0 Å². The van der Waals surface area contributed by atoms with E-state index in [1.54, 1.807) is 28.3 Å². The number of rotatable bonds is 8. The lowest BCUT2D eigenvalue weighted by Crippen LogP contribution is -2.61. The third-order valence-corrected chi connectivity index (χ3v) is 3.61. The second-order valence-electron chi connectivity index (χ2n) is 4.90. The Morgan fingerprint density at radius 2 is 1.59 bits per heavy atom. The Hall–Kier alpha value is -0.770. The molecule has 8 nitrogen and oxygen atoms in total. The fraction of sp³-hybridized carbons (Fsp3) is 0.929. The van der Waals surface area contributed by atoms with Crippen LogP contribution in [0.5, 0.6) is 0 Å². The van der Waals surface area contributed by atoms with Gasteiger partial charge in [0.2, 0.25) is 0 Å². The number of ether oxygens (including phenoxy) is 7. The highest BCUT2D eigenvalue weighted by Gasteiger charge is 2.48. The van der Waals surface area contributed by atoms with Gasteiger partial charge < -0.3 is 33.2 Å². The summed E-state index contributed by atoms with van der Waals surface area (Å²) < 4.78 is 37.7. The molecule has 0 N–H and O–H groups in total. The molecule has 0 aromatic heterocycles. The van der Waals surface area contributed by atoms with Crippen LogP contribution in [-0.2, 0) is 38.0 Å². The minimum absolute atomic E-state index is 0.293. The fourth-order valence-electron chi connectivity index (χ4n) is 2.51. The van der Waals surface area contributed by atoms with Crippen molar-refractivity contribution in [2.24, 2.45) is 0 Å². The average Bonchev–Trinajstić information content (AvgIpc) is 2.53. The van der Waals surface area contributed by atoms with Crippen LogP contribution in [0.25, 0.3) is 0 Å². The van der Waals surface area contributed by atoms with Crippen LogP contribution in [0.15, 0.2) is 0 Å². The molecular formula is C14H26O8. The van der Waals surface area contributed by atoms with Crippen LogP contribution in [0.3, 0.4) is 0 Å². The molecule has 0 unspecified atom stereocenters. The zero-order valence-electron chi connectivity index (χ0n) is 13.9. The summed E-state index contributed by atoms with van der Waals surface area (Å²) in [6, 6.07) is 0. The first-order chi connectivity index (χ1) is 10.5. The van der Waals surface area contributed by atoms with Gasteiger partial charge in [0, 0.05) is 28.4 Å². The standard InChI is InChI=1S/C14H26O8/c1-8(13(15)20-6)21-14-12(19-5)11(18-4)10(17-3)9(22-14)7-16-2/h8-12,14H,7H2,1-6H3/t8-,9+,10-,11-,12+,14+/m0/s1. The molecule has 0 aromatic carbocycles. The minimum Gasteiger partial charge on any atom is -0.467 e. The number of carbonyl (C=O) groups excluding carboxylic acids is 1. The largest absolute Gasteiger partial charge is 0.467 e. The monoisotopic (exact) mass is 322 g/mol. The van der Waals surface area contributed by atoms with E-state index in [1.165, 1.54) is 14.2 Å². The van der Waals surface area contributed by atoms with E-state index in [9.17, 15) is 4.79 Å². The topological polar surface area (TPSA) is 81.7 Å². The summed E-state index contributed by atoms with van der Waals surface area (Å²) in [7, 11) is 7.49. The molecule has 0 radical (unpaired) electrons. The second-order valence-corrected chi connectivity index (χ2v) is 4.90. The highest BCUT2D eigenvalue weighted by atomic mass is 16.7. The summed E-state index contributed by atoms with van der Waals surface area (Å²) >= 11 is 0. The first kappa shape index (κ1) is 19.3. The van der Waals surface area contributed by atoms with Crippen LogP contribution >= 0.6 is 0 Å². The summed E-state index contributed by atoms with van der Waals surface area (Å²) in [5, 5.41) is 0. The first-order valence-electron chi connectivity index (χ1n) is 7.00.